The number of aromatic hydroxyl groups is 1. The third-order valence-corrected chi connectivity index (χ3v) is 2.70. The second-order valence-corrected chi connectivity index (χ2v) is 4.32. The van der Waals surface area contributed by atoms with Gasteiger partial charge < -0.3 is 16.2 Å². The van der Waals surface area contributed by atoms with Crippen molar-refractivity contribution < 1.29 is 9.90 Å². The minimum Gasteiger partial charge on any atom is -0.506 e. The highest BCUT2D eigenvalue weighted by molar-refractivity contribution is 5.94. The highest BCUT2D eigenvalue weighted by atomic mass is 16.3. The Morgan fingerprint density at radius 2 is 2.19 bits per heavy atom. The third kappa shape index (κ3) is 4.34. The third-order valence-electron chi connectivity index (χ3n) is 2.70. The molecule has 0 saturated heterocycles. The molecule has 21 heavy (non-hydrogen) atoms. The van der Waals surface area contributed by atoms with Crippen molar-refractivity contribution in [3.8, 4) is 17.6 Å². The molecular formula is C16H15N3O2. The van der Waals surface area contributed by atoms with E-state index in [0.29, 0.717) is 18.7 Å². The number of carbonyl (C=O) groups is 1. The van der Waals surface area contributed by atoms with E-state index in [0.717, 1.165) is 11.1 Å². The second kappa shape index (κ2) is 7.08. The Bertz CT molecular complexity index is 702. The van der Waals surface area contributed by atoms with Crippen LogP contribution in [0.1, 0.15) is 21.5 Å². The van der Waals surface area contributed by atoms with E-state index in [1.165, 1.54) is 18.5 Å². The predicted molar refractivity (Wildman–Crippen MR) is 79.4 cm³/mol. The van der Waals surface area contributed by atoms with Gasteiger partial charge in [0.15, 0.2) is 0 Å². The van der Waals surface area contributed by atoms with E-state index in [2.05, 4.69) is 22.1 Å². The maximum Gasteiger partial charge on any atom is 0.253 e. The summed E-state index contributed by atoms with van der Waals surface area (Å²) in [6.45, 7) is 0.679. The molecule has 0 radical (unpaired) electrons. The summed E-state index contributed by atoms with van der Waals surface area (Å²) < 4.78 is 0. The summed E-state index contributed by atoms with van der Waals surface area (Å²) >= 11 is 0. The summed E-state index contributed by atoms with van der Waals surface area (Å²) in [5.41, 5.74) is 7.43. The zero-order valence-corrected chi connectivity index (χ0v) is 11.3. The lowest BCUT2D eigenvalue weighted by Crippen LogP contribution is -2.22. The number of amides is 1. The lowest BCUT2D eigenvalue weighted by atomic mass is 10.1. The van der Waals surface area contributed by atoms with Crippen LogP contribution < -0.4 is 11.1 Å². The monoisotopic (exact) mass is 281 g/mol. The van der Waals surface area contributed by atoms with E-state index < -0.39 is 0 Å². The molecule has 0 spiro atoms. The average molecular weight is 281 g/mol. The summed E-state index contributed by atoms with van der Waals surface area (Å²) in [7, 11) is 0. The molecule has 2 rings (SSSR count). The van der Waals surface area contributed by atoms with Crippen LogP contribution in [0.4, 0.5) is 0 Å². The van der Waals surface area contributed by atoms with Gasteiger partial charge in [-0.3, -0.25) is 9.78 Å². The van der Waals surface area contributed by atoms with E-state index in [1.54, 1.807) is 0 Å². The summed E-state index contributed by atoms with van der Waals surface area (Å²) in [4.78, 5) is 15.7. The summed E-state index contributed by atoms with van der Waals surface area (Å²) in [5.74, 6) is 5.39. The van der Waals surface area contributed by atoms with E-state index >= 15 is 0 Å². The number of pyridine rings is 1. The Labute approximate surface area is 122 Å². The van der Waals surface area contributed by atoms with Crippen molar-refractivity contribution in [1.29, 1.82) is 0 Å². The van der Waals surface area contributed by atoms with Crippen LogP contribution in [0.5, 0.6) is 5.75 Å². The molecule has 0 aliphatic rings. The van der Waals surface area contributed by atoms with Gasteiger partial charge in [-0.1, -0.05) is 24.0 Å². The first kappa shape index (κ1) is 14.6. The highest BCUT2D eigenvalue weighted by Crippen LogP contribution is 2.09. The number of rotatable bonds is 3. The number of benzene rings is 1. The highest BCUT2D eigenvalue weighted by Gasteiger charge is 2.06. The largest absolute Gasteiger partial charge is 0.506 e. The van der Waals surface area contributed by atoms with Gasteiger partial charge in [-0.2, -0.15) is 0 Å². The van der Waals surface area contributed by atoms with Gasteiger partial charge in [0.25, 0.3) is 5.91 Å². The van der Waals surface area contributed by atoms with Crippen LogP contribution in [0.3, 0.4) is 0 Å². The zero-order valence-electron chi connectivity index (χ0n) is 11.3. The maximum atomic E-state index is 11.9. The molecule has 1 heterocycles. The lowest BCUT2D eigenvalue weighted by molar-refractivity contribution is 0.0950. The van der Waals surface area contributed by atoms with E-state index in [9.17, 15) is 9.90 Å². The van der Waals surface area contributed by atoms with Gasteiger partial charge in [0.1, 0.15) is 5.75 Å². The SMILES string of the molecule is NCC#Cc1cccc(CNC(=O)c2cncc(O)c2)c1. The number of hydrogen-bond donors (Lipinski definition) is 3. The molecule has 4 N–H and O–H groups in total. The van der Waals surface area contributed by atoms with E-state index in [-0.39, 0.29) is 11.7 Å². The maximum absolute atomic E-state index is 11.9. The normalized spacial score (nSPS) is 9.57. The fraction of sp³-hybridized carbons (Fsp3) is 0.125. The summed E-state index contributed by atoms with van der Waals surface area (Å²) in [5, 5.41) is 12.1. The Hall–Kier alpha value is -2.84. The molecule has 0 fully saturated rings. The number of nitrogens with two attached hydrogens (primary N) is 1. The lowest BCUT2D eigenvalue weighted by Gasteiger charge is -2.06. The Balaban J connectivity index is 2.01. The van der Waals surface area contributed by atoms with Crippen LogP contribution in [0.2, 0.25) is 0 Å². The van der Waals surface area contributed by atoms with E-state index in [1.807, 2.05) is 24.3 Å². The van der Waals surface area contributed by atoms with Crippen molar-refractivity contribution in [1.82, 2.24) is 10.3 Å². The summed E-state index contributed by atoms with van der Waals surface area (Å²) in [6.07, 6.45) is 2.68. The standard InChI is InChI=1S/C16H15N3O2/c17-6-2-5-12-3-1-4-13(7-12)9-19-16(21)14-8-15(20)11-18-10-14/h1,3-4,7-8,10-11,20H,6,9,17H2,(H,19,21). The topological polar surface area (TPSA) is 88.2 Å². The first-order chi connectivity index (χ1) is 10.2. The quantitative estimate of drug-likeness (QED) is 0.733. The molecule has 2 aromatic rings. The average Bonchev–Trinajstić information content (AvgIpc) is 2.51. The van der Waals surface area contributed by atoms with Crippen LogP contribution in [0.25, 0.3) is 0 Å². The molecular weight excluding hydrogens is 266 g/mol. The minimum atomic E-state index is -0.295. The van der Waals surface area contributed by atoms with Crippen molar-refractivity contribution in [2.75, 3.05) is 6.54 Å². The predicted octanol–water partition coefficient (Wildman–Crippen LogP) is 1.03. The van der Waals surface area contributed by atoms with Gasteiger partial charge in [-0.05, 0) is 23.8 Å². The van der Waals surface area contributed by atoms with Gasteiger partial charge in [0, 0.05) is 18.3 Å². The molecule has 0 atom stereocenters. The molecule has 1 amide bonds. The van der Waals surface area contributed by atoms with E-state index in [4.69, 9.17) is 5.73 Å². The molecule has 0 bridgehead atoms. The molecule has 1 aromatic heterocycles. The first-order valence-electron chi connectivity index (χ1n) is 6.39. The van der Waals surface area contributed by atoms with Crippen molar-refractivity contribution in [3.63, 3.8) is 0 Å². The fourth-order valence-electron chi connectivity index (χ4n) is 1.75. The molecule has 5 heteroatoms. The van der Waals surface area contributed by atoms with Crippen LogP contribution >= 0.6 is 0 Å². The van der Waals surface area contributed by atoms with Gasteiger partial charge in [-0.25, -0.2) is 0 Å². The molecule has 0 aliphatic heterocycles. The molecule has 106 valence electrons. The molecule has 0 saturated carbocycles. The Morgan fingerprint density at radius 3 is 2.95 bits per heavy atom. The molecule has 1 aromatic carbocycles. The van der Waals surface area contributed by atoms with Crippen LogP contribution in [-0.2, 0) is 6.54 Å². The first-order valence-corrected chi connectivity index (χ1v) is 6.39. The number of nitrogens with zero attached hydrogens (tertiary/aromatic N) is 1. The molecule has 0 unspecified atom stereocenters. The Morgan fingerprint density at radius 1 is 1.33 bits per heavy atom. The van der Waals surface area contributed by atoms with Crippen molar-refractivity contribution >= 4 is 5.91 Å². The smallest absolute Gasteiger partial charge is 0.253 e. The van der Waals surface area contributed by atoms with Crippen molar-refractivity contribution in [3.05, 3.63) is 59.4 Å². The number of aromatic nitrogens is 1. The fourth-order valence-corrected chi connectivity index (χ4v) is 1.75. The molecule has 0 aliphatic carbocycles. The number of carbonyl (C=O) groups excluding carboxylic acids is 1. The molecule has 5 nitrogen and oxygen atoms in total. The van der Waals surface area contributed by atoms with Crippen LogP contribution in [0.15, 0.2) is 42.7 Å². The van der Waals surface area contributed by atoms with Crippen molar-refractivity contribution in [2.45, 2.75) is 6.54 Å². The van der Waals surface area contributed by atoms with Gasteiger partial charge >= 0.3 is 0 Å². The van der Waals surface area contributed by atoms with Crippen LogP contribution in [-0.4, -0.2) is 22.5 Å². The summed E-state index contributed by atoms with van der Waals surface area (Å²) in [6, 6.07) is 8.91. The van der Waals surface area contributed by atoms with Crippen molar-refractivity contribution in [2.24, 2.45) is 5.73 Å². The minimum absolute atomic E-state index is 0.0401. The Kier molecular flexibility index (Phi) is 4.91. The van der Waals surface area contributed by atoms with Gasteiger partial charge in [0.05, 0.1) is 18.3 Å². The zero-order chi connectivity index (χ0) is 15.1. The number of hydrogen-bond acceptors (Lipinski definition) is 4. The second-order valence-electron chi connectivity index (χ2n) is 4.32. The van der Waals surface area contributed by atoms with Crippen LogP contribution in [0, 0.1) is 11.8 Å². The van der Waals surface area contributed by atoms with Gasteiger partial charge in [0.2, 0.25) is 0 Å². The number of nitrogens with one attached hydrogen (secondary N) is 1. The van der Waals surface area contributed by atoms with Gasteiger partial charge in [-0.15, -0.1) is 0 Å².